The number of aromatic nitrogens is 3. The molecular weight excluding hydrogens is 449 g/mol. The third-order valence-electron chi connectivity index (χ3n) is 5.25. The van der Waals surface area contributed by atoms with Gasteiger partial charge in [0.15, 0.2) is 0 Å². The molecule has 1 aliphatic rings. The molecule has 1 amide bonds. The van der Waals surface area contributed by atoms with Crippen LogP contribution in [-0.4, -0.2) is 46.2 Å². The first-order valence-corrected chi connectivity index (χ1v) is 10.7. The summed E-state index contributed by atoms with van der Waals surface area (Å²) in [5.41, 5.74) is 1.56. The molecule has 2 N–H and O–H groups in total. The van der Waals surface area contributed by atoms with Crippen molar-refractivity contribution in [3.8, 4) is 0 Å². The number of halogens is 3. The summed E-state index contributed by atoms with van der Waals surface area (Å²) >= 11 is 0. The average molecular weight is 472 g/mol. The average Bonchev–Trinajstić information content (AvgIpc) is 2.83. The molecule has 0 radical (unpaired) electrons. The predicted molar refractivity (Wildman–Crippen MR) is 121 cm³/mol. The van der Waals surface area contributed by atoms with Crippen LogP contribution in [0.15, 0.2) is 60.9 Å². The van der Waals surface area contributed by atoms with E-state index in [1.54, 1.807) is 6.07 Å². The van der Waals surface area contributed by atoms with Gasteiger partial charge in [-0.3, -0.25) is 4.79 Å². The zero-order valence-corrected chi connectivity index (χ0v) is 18.1. The third-order valence-corrected chi connectivity index (χ3v) is 5.25. The molecule has 11 heteroatoms. The van der Waals surface area contributed by atoms with Crippen molar-refractivity contribution in [2.75, 3.05) is 28.6 Å². The lowest BCUT2D eigenvalue weighted by atomic mass is 10.1. The van der Waals surface area contributed by atoms with Crippen molar-refractivity contribution < 1.29 is 22.7 Å². The zero-order chi connectivity index (χ0) is 24.0. The smallest absolute Gasteiger partial charge is 0.373 e. The van der Waals surface area contributed by atoms with Crippen LogP contribution in [0, 0.1) is 0 Å². The lowest BCUT2D eigenvalue weighted by Crippen LogP contribution is -2.38. The molecule has 2 heterocycles. The van der Waals surface area contributed by atoms with Gasteiger partial charge in [-0.05, 0) is 36.6 Å². The molecule has 0 saturated carbocycles. The topological polar surface area (TPSA) is 92.3 Å². The largest absolute Gasteiger partial charge is 0.471 e. The highest BCUT2D eigenvalue weighted by molar-refractivity contribution is 5.95. The van der Waals surface area contributed by atoms with Crippen molar-refractivity contribution in [3.05, 3.63) is 66.5 Å². The van der Waals surface area contributed by atoms with Crippen molar-refractivity contribution in [2.45, 2.75) is 31.7 Å². The Bertz CT molecular complexity index is 1110. The summed E-state index contributed by atoms with van der Waals surface area (Å²) in [6.45, 7) is 2.03. The number of hydrogen-bond donors (Lipinski definition) is 2. The second-order valence-corrected chi connectivity index (χ2v) is 7.75. The monoisotopic (exact) mass is 472 g/mol. The molecule has 0 spiro atoms. The van der Waals surface area contributed by atoms with Gasteiger partial charge in [-0.15, -0.1) is 0 Å². The molecule has 0 unspecified atom stereocenters. The first-order valence-electron chi connectivity index (χ1n) is 10.7. The fourth-order valence-electron chi connectivity index (χ4n) is 3.52. The van der Waals surface area contributed by atoms with E-state index in [0.29, 0.717) is 18.2 Å². The van der Waals surface area contributed by atoms with Gasteiger partial charge in [-0.25, -0.2) is 9.97 Å². The van der Waals surface area contributed by atoms with E-state index in [4.69, 9.17) is 4.74 Å². The number of nitrogens with zero attached hydrogens (tertiary/aromatic N) is 4. The first kappa shape index (κ1) is 23.4. The van der Waals surface area contributed by atoms with E-state index in [2.05, 4.69) is 20.3 Å². The van der Waals surface area contributed by atoms with Crippen LogP contribution in [0.2, 0.25) is 0 Å². The van der Waals surface area contributed by atoms with Crippen molar-refractivity contribution in [2.24, 2.45) is 0 Å². The molecule has 0 aliphatic carbocycles. The Kier molecular flexibility index (Phi) is 7.21. The molecule has 8 nitrogen and oxygen atoms in total. The van der Waals surface area contributed by atoms with Crippen molar-refractivity contribution in [3.63, 3.8) is 0 Å². The number of hydrogen-bond acceptors (Lipinski definition) is 7. The molecule has 178 valence electrons. The maximum absolute atomic E-state index is 12.5. The van der Waals surface area contributed by atoms with Crippen LogP contribution >= 0.6 is 0 Å². The SMILES string of the molecule is O=C(Nc1cccc(Nc2ncnc(N3CCC(OCc4ccccc4)CC3)n2)c1)C(F)(F)F. The Morgan fingerprint density at radius 3 is 2.50 bits per heavy atom. The molecule has 1 saturated heterocycles. The number of carbonyl (C=O) groups is 1. The number of piperidine rings is 1. The van der Waals surface area contributed by atoms with Crippen molar-refractivity contribution in [1.29, 1.82) is 0 Å². The molecule has 4 rings (SSSR count). The van der Waals surface area contributed by atoms with Crippen LogP contribution in [0.4, 0.5) is 36.4 Å². The van der Waals surface area contributed by atoms with E-state index in [9.17, 15) is 18.0 Å². The van der Waals surface area contributed by atoms with Gasteiger partial charge in [0.25, 0.3) is 0 Å². The van der Waals surface area contributed by atoms with Gasteiger partial charge in [0.2, 0.25) is 11.9 Å². The number of anilines is 4. The van der Waals surface area contributed by atoms with E-state index in [-0.39, 0.29) is 17.7 Å². The number of alkyl halides is 3. The summed E-state index contributed by atoms with van der Waals surface area (Å²) in [6, 6.07) is 15.9. The van der Waals surface area contributed by atoms with Gasteiger partial charge in [-0.1, -0.05) is 36.4 Å². The highest BCUT2D eigenvalue weighted by Gasteiger charge is 2.38. The molecule has 3 aromatic rings. The molecule has 0 atom stereocenters. The Morgan fingerprint density at radius 1 is 1.03 bits per heavy atom. The summed E-state index contributed by atoms with van der Waals surface area (Å²) in [5.74, 6) is -1.30. The van der Waals surface area contributed by atoms with E-state index in [0.717, 1.165) is 31.5 Å². The molecule has 2 aromatic carbocycles. The molecule has 34 heavy (non-hydrogen) atoms. The molecule has 0 bridgehead atoms. The zero-order valence-electron chi connectivity index (χ0n) is 18.1. The van der Waals surface area contributed by atoms with Crippen LogP contribution in [0.5, 0.6) is 0 Å². The van der Waals surface area contributed by atoms with Gasteiger partial charge in [-0.2, -0.15) is 18.2 Å². The van der Waals surface area contributed by atoms with E-state index in [1.807, 2.05) is 40.5 Å². The minimum absolute atomic E-state index is 0.000760. The standard InChI is InChI=1S/C23H23F3N6O2/c24-23(25,26)20(33)29-17-7-4-8-18(13-17)30-21-27-15-28-22(31-21)32-11-9-19(10-12-32)34-14-16-5-2-1-3-6-16/h1-8,13,15,19H,9-12,14H2,(H,29,33)(H,27,28,30,31). The van der Waals surface area contributed by atoms with Gasteiger partial charge in [0.1, 0.15) is 6.33 Å². The second-order valence-electron chi connectivity index (χ2n) is 7.75. The predicted octanol–water partition coefficient (Wildman–Crippen LogP) is 4.30. The lowest BCUT2D eigenvalue weighted by Gasteiger charge is -2.31. The van der Waals surface area contributed by atoms with Gasteiger partial charge < -0.3 is 20.3 Å². The van der Waals surface area contributed by atoms with Crippen LogP contribution in [0.3, 0.4) is 0 Å². The maximum Gasteiger partial charge on any atom is 0.471 e. The number of rotatable bonds is 7. The van der Waals surface area contributed by atoms with Crippen molar-refractivity contribution in [1.82, 2.24) is 15.0 Å². The quantitative estimate of drug-likeness (QED) is 0.530. The number of benzene rings is 2. The number of ether oxygens (including phenoxy) is 1. The van der Waals surface area contributed by atoms with Crippen LogP contribution in [-0.2, 0) is 16.1 Å². The summed E-state index contributed by atoms with van der Waals surface area (Å²) < 4.78 is 43.5. The summed E-state index contributed by atoms with van der Waals surface area (Å²) in [5, 5.41) is 4.76. The Balaban J connectivity index is 1.32. The van der Waals surface area contributed by atoms with Gasteiger partial charge in [0.05, 0.1) is 12.7 Å². The fourth-order valence-corrected chi connectivity index (χ4v) is 3.52. The number of nitrogens with one attached hydrogen (secondary N) is 2. The van der Waals surface area contributed by atoms with Crippen LogP contribution in [0.1, 0.15) is 18.4 Å². The molecule has 1 aliphatic heterocycles. The second kappa shape index (κ2) is 10.5. The highest BCUT2D eigenvalue weighted by atomic mass is 19.4. The molecule has 1 aromatic heterocycles. The maximum atomic E-state index is 12.5. The minimum atomic E-state index is -4.97. The van der Waals surface area contributed by atoms with Crippen LogP contribution in [0.25, 0.3) is 0 Å². The minimum Gasteiger partial charge on any atom is -0.373 e. The van der Waals surface area contributed by atoms with E-state index < -0.39 is 12.1 Å². The van der Waals surface area contributed by atoms with Crippen LogP contribution < -0.4 is 15.5 Å². The van der Waals surface area contributed by atoms with E-state index in [1.165, 1.54) is 24.5 Å². The van der Waals surface area contributed by atoms with Gasteiger partial charge >= 0.3 is 12.1 Å². The third kappa shape index (κ3) is 6.41. The lowest BCUT2D eigenvalue weighted by molar-refractivity contribution is -0.167. The Morgan fingerprint density at radius 2 is 1.76 bits per heavy atom. The Hall–Kier alpha value is -3.73. The van der Waals surface area contributed by atoms with Crippen molar-refractivity contribution >= 4 is 29.2 Å². The van der Waals surface area contributed by atoms with Gasteiger partial charge in [0, 0.05) is 24.5 Å². The fraction of sp³-hybridized carbons (Fsp3) is 0.304. The first-order chi connectivity index (χ1) is 16.4. The number of carbonyl (C=O) groups excluding carboxylic acids is 1. The molecular formula is C23H23F3N6O2. The Labute approximate surface area is 194 Å². The number of amides is 1. The highest BCUT2D eigenvalue weighted by Crippen LogP contribution is 2.23. The summed E-state index contributed by atoms with van der Waals surface area (Å²) in [4.78, 5) is 26.0. The van der Waals surface area contributed by atoms with E-state index >= 15 is 0 Å². The molecule has 1 fully saturated rings. The summed E-state index contributed by atoms with van der Waals surface area (Å²) in [6.07, 6.45) is -1.76. The summed E-state index contributed by atoms with van der Waals surface area (Å²) in [7, 11) is 0. The normalized spacial score (nSPS) is 14.6.